The van der Waals surface area contributed by atoms with Crippen molar-refractivity contribution in [3.63, 3.8) is 0 Å². The number of oxazole rings is 1. The Morgan fingerprint density at radius 3 is 2.91 bits per heavy atom. The molecule has 4 rings (SSSR count). The smallest absolute Gasteiger partial charge is 0.306 e. The number of benzene rings is 1. The largest absolute Gasteiger partial charge is 0.432 e. The monoisotopic (exact) mass is 312 g/mol. The molecule has 23 heavy (non-hydrogen) atoms. The van der Waals surface area contributed by atoms with E-state index < -0.39 is 0 Å². The first-order valence-electron chi connectivity index (χ1n) is 7.04. The Bertz CT molecular complexity index is 908. The van der Waals surface area contributed by atoms with Gasteiger partial charge >= 0.3 is 5.84 Å². The van der Waals surface area contributed by atoms with E-state index in [1.165, 1.54) is 12.1 Å². The summed E-state index contributed by atoms with van der Waals surface area (Å²) in [4.78, 5) is 13.1. The molecule has 7 nitrogen and oxygen atoms in total. The number of imidazole rings is 1. The molecule has 0 amide bonds. The molecular weight excluding hydrogens is 299 g/mol. The van der Waals surface area contributed by atoms with Gasteiger partial charge in [0.15, 0.2) is 0 Å². The number of guanidine groups is 1. The number of fused-ring (bicyclic) bond motifs is 1. The van der Waals surface area contributed by atoms with Gasteiger partial charge in [-0.2, -0.15) is 4.98 Å². The molecule has 1 aliphatic heterocycles. The van der Waals surface area contributed by atoms with Crippen LogP contribution in [0.5, 0.6) is 0 Å². The van der Waals surface area contributed by atoms with Crippen molar-refractivity contribution in [2.75, 3.05) is 0 Å². The fraction of sp³-hybridized carbons (Fsp3) is 0.133. The Hall–Kier alpha value is -3.00. The third-order valence-electron chi connectivity index (χ3n) is 3.68. The van der Waals surface area contributed by atoms with E-state index in [1.54, 1.807) is 30.8 Å². The predicted molar refractivity (Wildman–Crippen MR) is 83.5 cm³/mol. The Kier molecular flexibility index (Phi) is 3.16. The van der Waals surface area contributed by atoms with E-state index in [-0.39, 0.29) is 11.9 Å². The van der Waals surface area contributed by atoms with Crippen molar-refractivity contribution < 1.29 is 8.81 Å². The molecule has 0 spiro atoms. The summed E-state index contributed by atoms with van der Waals surface area (Å²) >= 11 is 0. The van der Waals surface area contributed by atoms with E-state index in [1.807, 2.05) is 4.40 Å². The minimum absolute atomic E-state index is 0.216. The fourth-order valence-corrected chi connectivity index (χ4v) is 2.66. The summed E-state index contributed by atoms with van der Waals surface area (Å²) in [6.07, 6.45) is 5.70. The van der Waals surface area contributed by atoms with Gasteiger partial charge in [-0.05, 0) is 24.3 Å². The summed E-state index contributed by atoms with van der Waals surface area (Å²) in [5.41, 5.74) is 4.79. The van der Waals surface area contributed by atoms with Gasteiger partial charge in [0.2, 0.25) is 5.96 Å². The van der Waals surface area contributed by atoms with Gasteiger partial charge in [0.25, 0.3) is 0 Å². The highest BCUT2D eigenvalue weighted by Crippen LogP contribution is 2.33. The molecule has 0 saturated carbocycles. The van der Waals surface area contributed by atoms with Crippen LogP contribution in [0, 0.1) is 5.82 Å². The topological polar surface area (TPSA) is 93.2 Å². The molecule has 0 radical (unpaired) electrons. The molecule has 116 valence electrons. The molecule has 2 aromatic heterocycles. The van der Waals surface area contributed by atoms with Crippen molar-refractivity contribution in [3.05, 3.63) is 48.2 Å². The van der Waals surface area contributed by atoms with Crippen molar-refractivity contribution in [1.29, 1.82) is 0 Å². The number of rotatable bonds is 2. The third-order valence-corrected chi connectivity index (χ3v) is 3.68. The molecule has 1 aliphatic rings. The molecule has 0 aliphatic carbocycles. The van der Waals surface area contributed by atoms with E-state index >= 15 is 0 Å². The second kappa shape index (κ2) is 5.33. The number of hydrazine groups is 1. The molecule has 1 unspecified atom stereocenters. The van der Waals surface area contributed by atoms with E-state index in [2.05, 4.69) is 20.4 Å². The number of nitrogens with zero attached hydrogens (tertiary/aromatic N) is 4. The number of halogens is 1. The van der Waals surface area contributed by atoms with Crippen molar-refractivity contribution >= 4 is 18.0 Å². The van der Waals surface area contributed by atoms with Gasteiger partial charge in [-0.25, -0.2) is 20.2 Å². The van der Waals surface area contributed by atoms with Crippen molar-refractivity contribution in [2.45, 2.75) is 12.5 Å². The number of aromatic nitrogens is 2. The van der Waals surface area contributed by atoms with Crippen LogP contribution in [0.4, 0.5) is 4.39 Å². The lowest BCUT2D eigenvalue weighted by molar-refractivity contribution is 0.594. The van der Waals surface area contributed by atoms with Crippen LogP contribution in [0.3, 0.4) is 0 Å². The number of nitrogens with two attached hydrogens (primary N) is 1. The average molecular weight is 312 g/mol. The van der Waals surface area contributed by atoms with Gasteiger partial charge in [-0.3, -0.25) is 9.83 Å². The number of hydrogen-bond donors (Lipinski definition) is 2. The molecule has 0 fully saturated rings. The Morgan fingerprint density at radius 1 is 1.30 bits per heavy atom. The highest BCUT2D eigenvalue weighted by atomic mass is 19.1. The Balaban J connectivity index is 1.89. The number of nitrogens with one attached hydrogen (secondary N) is 1. The first-order valence-corrected chi connectivity index (χ1v) is 7.04. The van der Waals surface area contributed by atoms with Crippen LogP contribution >= 0.6 is 0 Å². The molecule has 3 N–H and O–H groups in total. The third kappa shape index (κ3) is 2.29. The number of aliphatic imine (C=N–C) groups is 2. The highest BCUT2D eigenvalue weighted by Gasteiger charge is 2.25. The van der Waals surface area contributed by atoms with E-state index in [0.29, 0.717) is 23.9 Å². The fourth-order valence-electron chi connectivity index (χ4n) is 2.66. The van der Waals surface area contributed by atoms with Gasteiger partial charge in [0, 0.05) is 24.4 Å². The van der Waals surface area contributed by atoms with Crippen molar-refractivity contribution in [2.24, 2.45) is 15.8 Å². The molecular formula is C15H13FN6O. The zero-order chi connectivity index (χ0) is 15.8. The summed E-state index contributed by atoms with van der Waals surface area (Å²) in [7, 11) is 0. The Labute approximate surface area is 130 Å². The molecule has 0 bridgehead atoms. The summed E-state index contributed by atoms with van der Waals surface area (Å²) in [5, 5.41) is 0. The SMILES string of the molecule is NNC1=NC(c2c(-c3ccc(F)cc3)nc3occn23)CC=N1. The van der Waals surface area contributed by atoms with E-state index in [4.69, 9.17) is 10.3 Å². The lowest BCUT2D eigenvalue weighted by Crippen LogP contribution is -2.31. The van der Waals surface area contributed by atoms with Gasteiger partial charge in [-0.1, -0.05) is 0 Å². The highest BCUT2D eigenvalue weighted by molar-refractivity contribution is 5.89. The first-order chi connectivity index (χ1) is 11.3. The quantitative estimate of drug-likeness (QED) is 0.559. The molecule has 1 aromatic carbocycles. The Morgan fingerprint density at radius 2 is 2.13 bits per heavy atom. The second-order valence-electron chi connectivity index (χ2n) is 5.07. The summed E-state index contributed by atoms with van der Waals surface area (Å²) in [5.74, 6) is 5.91. The van der Waals surface area contributed by atoms with Gasteiger partial charge < -0.3 is 4.42 Å². The molecule has 3 aromatic rings. The normalized spacial score (nSPS) is 17.5. The summed E-state index contributed by atoms with van der Waals surface area (Å²) < 4.78 is 20.4. The average Bonchev–Trinajstić information content (AvgIpc) is 3.16. The van der Waals surface area contributed by atoms with Crippen LogP contribution in [0.2, 0.25) is 0 Å². The summed E-state index contributed by atoms with van der Waals surface area (Å²) in [6, 6.07) is 5.95. The lowest BCUT2D eigenvalue weighted by Gasteiger charge is -2.16. The zero-order valence-electron chi connectivity index (χ0n) is 12.0. The van der Waals surface area contributed by atoms with Crippen LogP contribution in [0.25, 0.3) is 17.1 Å². The van der Waals surface area contributed by atoms with Crippen LogP contribution in [0.15, 0.2) is 51.1 Å². The molecule has 0 saturated heterocycles. The van der Waals surface area contributed by atoms with Gasteiger partial charge in [-0.15, -0.1) is 0 Å². The van der Waals surface area contributed by atoms with Crippen LogP contribution in [-0.2, 0) is 0 Å². The maximum absolute atomic E-state index is 13.2. The minimum Gasteiger partial charge on any atom is -0.432 e. The summed E-state index contributed by atoms with van der Waals surface area (Å²) in [6.45, 7) is 0. The van der Waals surface area contributed by atoms with Crippen molar-refractivity contribution in [1.82, 2.24) is 14.8 Å². The molecule has 3 heterocycles. The van der Waals surface area contributed by atoms with Gasteiger partial charge in [0.1, 0.15) is 18.1 Å². The van der Waals surface area contributed by atoms with Crippen LogP contribution < -0.4 is 11.3 Å². The minimum atomic E-state index is -0.296. The second-order valence-corrected chi connectivity index (χ2v) is 5.07. The maximum atomic E-state index is 13.2. The van der Waals surface area contributed by atoms with E-state index in [0.717, 1.165) is 11.3 Å². The van der Waals surface area contributed by atoms with Crippen LogP contribution in [-0.4, -0.2) is 21.6 Å². The zero-order valence-corrected chi connectivity index (χ0v) is 12.0. The molecule has 1 atom stereocenters. The van der Waals surface area contributed by atoms with Crippen molar-refractivity contribution in [3.8, 4) is 11.3 Å². The van der Waals surface area contributed by atoms with Crippen LogP contribution in [0.1, 0.15) is 18.2 Å². The molecule has 8 heteroatoms. The predicted octanol–water partition coefficient (Wildman–Crippen LogP) is 2.07. The standard InChI is InChI=1S/C15H13FN6O/c16-10-3-1-9(2-4-10)12-13(22-7-8-23-15(22)20-12)11-5-6-18-14(19-11)21-17/h1-4,6-8,11H,5,17H2,(H,19,21). The van der Waals surface area contributed by atoms with E-state index in [9.17, 15) is 4.39 Å². The maximum Gasteiger partial charge on any atom is 0.306 e. The lowest BCUT2D eigenvalue weighted by atomic mass is 10.0. The first kappa shape index (κ1) is 13.6. The van der Waals surface area contributed by atoms with Gasteiger partial charge in [0.05, 0.1) is 11.4 Å². The number of hydrogen-bond acceptors (Lipinski definition) is 6.